The number of aromatic nitrogens is 8. The minimum Gasteiger partial charge on any atom is -0.316 e. The molecule has 0 atom stereocenters. The first-order valence-electron chi connectivity index (χ1n) is 10.0. The smallest absolute Gasteiger partial charge is 0.154 e. The van der Waals surface area contributed by atoms with Crippen molar-refractivity contribution in [2.75, 3.05) is 13.1 Å². The van der Waals surface area contributed by atoms with E-state index in [0.29, 0.717) is 12.5 Å². The molecule has 1 saturated heterocycles. The molecular formula is C19H29N9. The molecule has 0 radical (unpaired) electrons. The minimum atomic E-state index is 0.457. The Morgan fingerprint density at radius 3 is 2.54 bits per heavy atom. The molecule has 150 valence electrons. The van der Waals surface area contributed by atoms with Crippen molar-refractivity contribution >= 4 is 0 Å². The summed E-state index contributed by atoms with van der Waals surface area (Å²) in [7, 11) is 2.06. The normalized spacial score (nSPS) is 16.1. The highest BCUT2D eigenvalue weighted by Crippen LogP contribution is 2.28. The van der Waals surface area contributed by atoms with Crippen LogP contribution in [0.25, 0.3) is 0 Å². The second-order valence-electron chi connectivity index (χ2n) is 7.64. The molecule has 28 heavy (non-hydrogen) atoms. The van der Waals surface area contributed by atoms with Gasteiger partial charge in [-0.15, -0.1) is 10.2 Å². The van der Waals surface area contributed by atoms with Gasteiger partial charge in [0.2, 0.25) is 0 Å². The van der Waals surface area contributed by atoms with Crippen LogP contribution in [-0.4, -0.2) is 57.3 Å². The van der Waals surface area contributed by atoms with Gasteiger partial charge >= 0.3 is 0 Å². The fourth-order valence-electron chi connectivity index (χ4n) is 4.17. The van der Waals surface area contributed by atoms with Crippen molar-refractivity contribution < 1.29 is 0 Å². The van der Waals surface area contributed by atoms with Crippen LogP contribution in [0, 0.1) is 13.8 Å². The highest BCUT2D eigenvalue weighted by atomic mass is 15.4. The van der Waals surface area contributed by atoms with Crippen molar-refractivity contribution in [3.8, 4) is 0 Å². The molecule has 0 aromatic carbocycles. The second kappa shape index (κ2) is 7.83. The summed E-state index contributed by atoms with van der Waals surface area (Å²) in [6.45, 7) is 11.1. The van der Waals surface area contributed by atoms with Crippen molar-refractivity contribution in [2.24, 2.45) is 7.05 Å². The van der Waals surface area contributed by atoms with E-state index in [2.05, 4.69) is 67.3 Å². The summed E-state index contributed by atoms with van der Waals surface area (Å²) in [5.74, 6) is 2.46. The quantitative estimate of drug-likeness (QED) is 0.644. The van der Waals surface area contributed by atoms with Crippen molar-refractivity contribution in [2.45, 2.75) is 59.2 Å². The van der Waals surface area contributed by atoms with Crippen molar-refractivity contribution in [3.05, 3.63) is 41.3 Å². The lowest BCUT2D eigenvalue weighted by molar-refractivity contribution is 0.199. The van der Waals surface area contributed by atoms with Crippen LogP contribution >= 0.6 is 0 Å². The molecule has 0 saturated carbocycles. The molecule has 3 aromatic rings. The molecule has 4 rings (SSSR count). The van der Waals surface area contributed by atoms with Crippen molar-refractivity contribution in [1.29, 1.82) is 0 Å². The Morgan fingerprint density at radius 2 is 1.89 bits per heavy atom. The van der Waals surface area contributed by atoms with E-state index in [4.69, 9.17) is 0 Å². The first-order valence-corrected chi connectivity index (χ1v) is 10.0. The van der Waals surface area contributed by atoms with Crippen molar-refractivity contribution in [3.63, 3.8) is 0 Å². The lowest BCUT2D eigenvalue weighted by atomic mass is 9.95. The summed E-state index contributed by atoms with van der Waals surface area (Å²) in [6.07, 6.45) is 5.46. The molecule has 3 aromatic heterocycles. The Labute approximate surface area is 165 Å². The molecule has 0 amide bonds. The number of hydrogen-bond donors (Lipinski definition) is 0. The van der Waals surface area contributed by atoms with Crippen LogP contribution in [0.15, 0.2) is 12.7 Å². The molecular weight excluding hydrogens is 354 g/mol. The van der Waals surface area contributed by atoms with E-state index in [9.17, 15) is 0 Å². The number of likely N-dealkylation sites (tertiary alicyclic amines) is 1. The third kappa shape index (κ3) is 3.58. The predicted molar refractivity (Wildman–Crippen MR) is 105 cm³/mol. The molecule has 4 heterocycles. The van der Waals surface area contributed by atoms with Gasteiger partial charge in [-0.3, -0.25) is 9.58 Å². The Bertz CT molecular complexity index is 914. The average Bonchev–Trinajstić information content (AvgIpc) is 3.40. The van der Waals surface area contributed by atoms with E-state index in [-0.39, 0.29) is 0 Å². The largest absolute Gasteiger partial charge is 0.316 e. The molecule has 0 unspecified atom stereocenters. The first-order chi connectivity index (χ1) is 13.6. The highest BCUT2D eigenvalue weighted by molar-refractivity contribution is 5.24. The Balaban J connectivity index is 1.38. The Kier molecular flexibility index (Phi) is 5.25. The van der Waals surface area contributed by atoms with Crippen LogP contribution in [-0.2, 0) is 26.7 Å². The van der Waals surface area contributed by atoms with Crippen LogP contribution < -0.4 is 0 Å². The first kappa shape index (κ1) is 18.8. The Morgan fingerprint density at radius 1 is 1.11 bits per heavy atom. The standard InChI is InChI=1S/C19H29N9/c1-5-28-15(3)17(14(2)24-28)10-26-8-6-16(7-9-26)19-23-22-18(25(19)4)11-27-13-20-12-21-27/h12-13,16H,5-11H2,1-4H3. The molecule has 1 aliphatic heterocycles. The van der Waals surface area contributed by atoms with Gasteiger partial charge in [0.25, 0.3) is 0 Å². The zero-order valence-electron chi connectivity index (χ0n) is 17.2. The summed E-state index contributed by atoms with van der Waals surface area (Å²) in [6, 6.07) is 0. The summed E-state index contributed by atoms with van der Waals surface area (Å²) < 4.78 is 6.01. The third-order valence-electron chi connectivity index (χ3n) is 5.93. The van der Waals surface area contributed by atoms with Crippen LogP contribution in [0.4, 0.5) is 0 Å². The van der Waals surface area contributed by atoms with Gasteiger partial charge in [0, 0.05) is 37.3 Å². The van der Waals surface area contributed by atoms with Gasteiger partial charge in [-0.25, -0.2) is 9.67 Å². The van der Waals surface area contributed by atoms with Gasteiger partial charge in [0.15, 0.2) is 5.82 Å². The maximum Gasteiger partial charge on any atom is 0.154 e. The summed E-state index contributed by atoms with van der Waals surface area (Å²) in [5, 5.41) is 17.7. The third-order valence-corrected chi connectivity index (χ3v) is 5.93. The van der Waals surface area contributed by atoms with E-state index in [1.165, 1.54) is 11.3 Å². The zero-order valence-corrected chi connectivity index (χ0v) is 17.2. The molecule has 1 aliphatic rings. The summed E-state index contributed by atoms with van der Waals surface area (Å²) in [4.78, 5) is 6.53. The zero-order chi connectivity index (χ0) is 19.7. The molecule has 0 N–H and O–H groups in total. The molecule has 0 spiro atoms. The van der Waals surface area contributed by atoms with E-state index < -0.39 is 0 Å². The van der Waals surface area contributed by atoms with E-state index in [1.54, 1.807) is 17.3 Å². The Hall–Kier alpha value is -2.55. The molecule has 9 nitrogen and oxygen atoms in total. The topological polar surface area (TPSA) is 82.5 Å². The molecule has 0 bridgehead atoms. The van der Waals surface area contributed by atoms with E-state index in [1.807, 2.05) is 0 Å². The molecule has 1 fully saturated rings. The average molecular weight is 384 g/mol. The molecule has 0 aliphatic carbocycles. The maximum atomic E-state index is 4.66. The fraction of sp³-hybridized carbons (Fsp3) is 0.632. The lowest BCUT2D eigenvalue weighted by Gasteiger charge is -2.31. The van der Waals surface area contributed by atoms with E-state index in [0.717, 1.165) is 56.4 Å². The maximum absolute atomic E-state index is 4.66. The summed E-state index contributed by atoms with van der Waals surface area (Å²) in [5.41, 5.74) is 3.84. The van der Waals surface area contributed by atoms with Crippen LogP contribution in [0.3, 0.4) is 0 Å². The van der Waals surface area contributed by atoms with E-state index >= 15 is 0 Å². The molecule has 9 heteroatoms. The summed E-state index contributed by atoms with van der Waals surface area (Å²) >= 11 is 0. The van der Waals surface area contributed by atoms with Crippen LogP contribution in [0.1, 0.15) is 54.3 Å². The fourth-order valence-corrected chi connectivity index (χ4v) is 4.17. The van der Waals surface area contributed by atoms with Gasteiger partial charge in [0.1, 0.15) is 25.0 Å². The van der Waals surface area contributed by atoms with Gasteiger partial charge in [-0.05, 0) is 46.7 Å². The number of rotatable bonds is 6. The number of hydrogen-bond acceptors (Lipinski definition) is 6. The predicted octanol–water partition coefficient (Wildman–Crippen LogP) is 1.67. The van der Waals surface area contributed by atoms with Gasteiger partial charge in [-0.1, -0.05) is 0 Å². The van der Waals surface area contributed by atoms with Gasteiger partial charge in [0.05, 0.1) is 5.69 Å². The number of aryl methyl sites for hydroxylation is 2. The lowest BCUT2D eigenvalue weighted by Crippen LogP contribution is -2.33. The SMILES string of the molecule is CCn1nc(C)c(CN2CCC(c3nnc(Cn4cncn4)n3C)CC2)c1C. The monoisotopic (exact) mass is 383 g/mol. The van der Waals surface area contributed by atoms with Gasteiger partial charge in [-0.2, -0.15) is 10.2 Å². The van der Waals surface area contributed by atoms with Crippen molar-refractivity contribution in [1.82, 2.24) is 44.2 Å². The minimum absolute atomic E-state index is 0.457. The highest BCUT2D eigenvalue weighted by Gasteiger charge is 2.26. The van der Waals surface area contributed by atoms with Gasteiger partial charge < -0.3 is 4.57 Å². The number of piperidine rings is 1. The van der Waals surface area contributed by atoms with Crippen LogP contribution in [0.2, 0.25) is 0 Å². The second-order valence-corrected chi connectivity index (χ2v) is 7.64. The van der Waals surface area contributed by atoms with Crippen LogP contribution in [0.5, 0.6) is 0 Å². The number of nitrogens with zero attached hydrogens (tertiary/aromatic N) is 9.